The zero-order valence-electron chi connectivity index (χ0n) is 23.3. The average Bonchev–Trinajstić information content (AvgIpc) is 3.24. The van der Waals surface area contributed by atoms with Gasteiger partial charge in [0.05, 0.1) is 10.5 Å². The predicted octanol–water partition coefficient (Wildman–Crippen LogP) is 5.43. The number of thiocarbonyl (C=S) groups is 1. The first-order valence-corrected chi connectivity index (χ1v) is 15.5. The lowest BCUT2D eigenvalue weighted by Crippen LogP contribution is -2.47. The fraction of sp³-hybridized carbons (Fsp3) is 0.419. The predicted molar refractivity (Wildman–Crippen MR) is 169 cm³/mol. The van der Waals surface area contributed by atoms with E-state index < -0.39 is 0 Å². The van der Waals surface area contributed by atoms with Gasteiger partial charge in [0.1, 0.15) is 15.8 Å². The van der Waals surface area contributed by atoms with Gasteiger partial charge in [-0.15, -0.1) is 0 Å². The largest absolute Gasteiger partial charge is 0.353 e. The van der Waals surface area contributed by atoms with E-state index in [0.29, 0.717) is 38.7 Å². The normalized spacial score (nSPS) is 18.3. The van der Waals surface area contributed by atoms with Crippen molar-refractivity contribution >= 4 is 51.7 Å². The molecule has 5 rings (SSSR count). The minimum atomic E-state index is -0.174. The number of fused-ring (bicyclic) bond motifs is 1. The molecular formula is C31H37N5O2S2. The first-order valence-electron chi connectivity index (χ1n) is 14.3. The number of nitrogens with zero attached hydrogens (tertiary/aromatic N) is 5. The first-order chi connectivity index (χ1) is 19.5. The number of carbonyl (C=O) groups excluding carboxylic acids is 1. The number of anilines is 1. The Morgan fingerprint density at radius 3 is 2.50 bits per heavy atom. The van der Waals surface area contributed by atoms with Crippen LogP contribution in [-0.4, -0.2) is 62.1 Å². The van der Waals surface area contributed by atoms with E-state index in [1.165, 1.54) is 17.3 Å². The van der Waals surface area contributed by atoms with Crippen molar-refractivity contribution in [3.63, 3.8) is 0 Å². The fourth-order valence-corrected chi connectivity index (χ4v) is 6.64. The molecule has 1 aromatic carbocycles. The molecule has 2 aliphatic rings. The van der Waals surface area contributed by atoms with Crippen molar-refractivity contribution < 1.29 is 4.79 Å². The summed E-state index contributed by atoms with van der Waals surface area (Å²) in [6, 6.07) is 16.0. The minimum Gasteiger partial charge on any atom is -0.353 e. The summed E-state index contributed by atoms with van der Waals surface area (Å²) in [5, 5.41) is 0. The lowest BCUT2D eigenvalue weighted by Gasteiger charge is -2.36. The molecular weight excluding hydrogens is 539 g/mol. The molecule has 2 aliphatic heterocycles. The summed E-state index contributed by atoms with van der Waals surface area (Å²) in [6.07, 6.45) is 7.83. The molecule has 0 unspecified atom stereocenters. The quantitative estimate of drug-likeness (QED) is 0.236. The van der Waals surface area contributed by atoms with Crippen molar-refractivity contribution in [1.29, 1.82) is 0 Å². The van der Waals surface area contributed by atoms with Gasteiger partial charge in [0.2, 0.25) is 0 Å². The van der Waals surface area contributed by atoms with Crippen LogP contribution in [0.3, 0.4) is 0 Å². The van der Waals surface area contributed by atoms with Crippen LogP contribution in [0, 0.1) is 5.92 Å². The number of unbranched alkanes of at least 4 members (excludes halogenated alkanes) is 1. The lowest BCUT2D eigenvalue weighted by molar-refractivity contribution is -0.122. The summed E-state index contributed by atoms with van der Waals surface area (Å²) in [5.41, 5.74) is 2.16. The molecule has 2 fully saturated rings. The van der Waals surface area contributed by atoms with Crippen LogP contribution in [0.25, 0.3) is 11.7 Å². The van der Waals surface area contributed by atoms with Crippen molar-refractivity contribution in [2.75, 3.05) is 37.6 Å². The second-order valence-corrected chi connectivity index (χ2v) is 12.2. The number of hydrogen-bond donors (Lipinski definition) is 0. The van der Waals surface area contributed by atoms with Gasteiger partial charge in [-0.3, -0.25) is 23.8 Å². The molecule has 3 aromatic rings. The van der Waals surface area contributed by atoms with Gasteiger partial charge in [-0.05, 0) is 36.1 Å². The molecule has 1 atom stereocenters. The molecule has 2 aromatic heterocycles. The van der Waals surface area contributed by atoms with Crippen molar-refractivity contribution in [2.24, 2.45) is 5.92 Å². The first kappa shape index (κ1) is 28.5. The Morgan fingerprint density at radius 1 is 1.02 bits per heavy atom. The van der Waals surface area contributed by atoms with Crippen LogP contribution in [0.4, 0.5) is 5.82 Å². The zero-order valence-corrected chi connectivity index (χ0v) is 24.9. The van der Waals surface area contributed by atoms with Crippen LogP contribution in [-0.2, 0) is 11.3 Å². The molecule has 40 heavy (non-hydrogen) atoms. The fourth-order valence-electron chi connectivity index (χ4n) is 5.38. The minimum absolute atomic E-state index is 0.110. The smallest absolute Gasteiger partial charge is 0.267 e. The van der Waals surface area contributed by atoms with Crippen LogP contribution >= 0.6 is 24.0 Å². The maximum atomic E-state index is 13.8. The van der Waals surface area contributed by atoms with Gasteiger partial charge in [0.25, 0.3) is 11.5 Å². The van der Waals surface area contributed by atoms with Crippen LogP contribution < -0.4 is 10.5 Å². The lowest BCUT2D eigenvalue weighted by atomic mass is 9.99. The zero-order chi connectivity index (χ0) is 28.1. The number of benzene rings is 1. The van der Waals surface area contributed by atoms with E-state index in [1.54, 1.807) is 21.6 Å². The van der Waals surface area contributed by atoms with E-state index in [-0.39, 0.29) is 11.5 Å². The molecule has 0 spiro atoms. The van der Waals surface area contributed by atoms with Crippen molar-refractivity contribution in [3.05, 3.63) is 81.1 Å². The van der Waals surface area contributed by atoms with Gasteiger partial charge in [0.15, 0.2) is 0 Å². The number of thioether (sulfide) groups is 1. The molecule has 2 saturated heterocycles. The number of carbonyl (C=O) groups is 1. The Balaban J connectivity index is 1.42. The Hall–Kier alpha value is -3.01. The van der Waals surface area contributed by atoms with Crippen molar-refractivity contribution in [3.8, 4) is 0 Å². The molecule has 4 heterocycles. The number of piperazine rings is 1. The summed E-state index contributed by atoms with van der Waals surface area (Å²) < 4.78 is 2.12. The van der Waals surface area contributed by atoms with Crippen LogP contribution in [0.1, 0.15) is 50.7 Å². The highest BCUT2D eigenvalue weighted by Crippen LogP contribution is 2.35. The maximum absolute atomic E-state index is 13.8. The van der Waals surface area contributed by atoms with E-state index >= 15 is 0 Å². The molecule has 0 aliphatic carbocycles. The Kier molecular flexibility index (Phi) is 9.34. The topological polar surface area (TPSA) is 61.2 Å². The molecule has 0 bridgehead atoms. The number of aromatic nitrogens is 2. The molecule has 7 nitrogen and oxygen atoms in total. The van der Waals surface area contributed by atoms with E-state index in [4.69, 9.17) is 17.2 Å². The van der Waals surface area contributed by atoms with E-state index in [0.717, 1.165) is 58.4 Å². The van der Waals surface area contributed by atoms with Crippen LogP contribution in [0.5, 0.6) is 0 Å². The molecule has 1 amide bonds. The second kappa shape index (κ2) is 13.1. The number of amides is 1. The molecule has 0 N–H and O–H groups in total. The number of pyridine rings is 1. The molecule has 0 saturated carbocycles. The molecule has 210 valence electrons. The van der Waals surface area contributed by atoms with Gasteiger partial charge in [-0.2, -0.15) is 0 Å². The average molecular weight is 576 g/mol. The maximum Gasteiger partial charge on any atom is 0.267 e. The molecule has 9 heteroatoms. The summed E-state index contributed by atoms with van der Waals surface area (Å²) in [5.74, 6) is 0.939. The van der Waals surface area contributed by atoms with Gasteiger partial charge < -0.3 is 4.90 Å². The molecule has 0 radical (unpaired) electrons. The van der Waals surface area contributed by atoms with Gasteiger partial charge in [0, 0.05) is 45.5 Å². The van der Waals surface area contributed by atoms with Crippen molar-refractivity contribution in [1.82, 2.24) is 19.2 Å². The summed E-state index contributed by atoms with van der Waals surface area (Å²) in [6.45, 7) is 9.11. The highest BCUT2D eigenvalue weighted by atomic mass is 32.2. The van der Waals surface area contributed by atoms with Gasteiger partial charge in [-0.25, -0.2) is 4.98 Å². The van der Waals surface area contributed by atoms with Crippen LogP contribution in [0.15, 0.2) is 64.4 Å². The third-order valence-corrected chi connectivity index (χ3v) is 9.18. The highest BCUT2D eigenvalue weighted by Gasteiger charge is 2.34. The monoisotopic (exact) mass is 575 g/mol. The van der Waals surface area contributed by atoms with Crippen LogP contribution in [0.2, 0.25) is 0 Å². The van der Waals surface area contributed by atoms with Gasteiger partial charge in [-0.1, -0.05) is 93.5 Å². The standard InChI is InChI=1S/C31H37N5O2S2/c1-3-5-11-23(4-2)22-36-30(38)26(40-31(36)39)20-25-28(32-27-14-9-10-15-35(27)29(25)37)34-18-16-33(17-19-34)21-24-12-7-6-8-13-24/h6-10,12-15,20,23H,3-5,11,16-19,21-22H2,1-2H3/b26-20-/t23-/m0/s1. The second-order valence-electron chi connectivity index (χ2n) is 10.5. The van der Waals surface area contributed by atoms with E-state index in [1.807, 2.05) is 24.3 Å². The van der Waals surface area contributed by atoms with Crippen molar-refractivity contribution in [2.45, 2.75) is 46.1 Å². The SMILES string of the molecule is CCCC[C@H](CC)CN1C(=O)/C(=C/c2c(N3CCN(Cc4ccccc4)CC3)nc3ccccn3c2=O)SC1=S. The number of rotatable bonds is 10. The number of hydrogen-bond acceptors (Lipinski definition) is 7. The Labute approximate surface area is 245 Å². The van der Waals surface area contributed by atoms with Gasteiger partial charge >= 0.3 is 0 Å². The summed E-state index contributed by atoms with van der Waals surface area (Å²) in [7, 11) is 0. The third-order valence-electron chi connectivity index (χ3n) is 7.80. The summed E-state index contributed by atoms with van der Waals surface area (Å²) in [4.78, 5) is 39.0. The Morgan fingerprint density at radius 2 is 1.77 bits per heavy atom. The summed E-state index contributed by atoms with van der Waals surface area (Å²) >= 11 is 6.93. The third kappa shape index (κ3) is 6.32. The highest BCUT2D eigenvalue weighted by molar-refractivity contribution is 8.26. The Bertz CT molecular complexity index is 1450. The van der Waals surface area contributed by atoms with E-state index in [9.17, 15) is 9.59 Å². The van der Waals surface area contributed by atoms with E-state index in [2.05, 4.69) is 47.9 Å².